The van der Waals surface area contributed by atoms with Gasteiger partial charge >= 0.3 is 55.2 Å². The van der Waals surface area contributed by atoms with Gasteiger partial charge in [0.05, 0.1) is 33.5 Å². The predicted molar refractivity (Wildman–Crippen MR) is 461 cm³/mol. The van der Waals surface area contributed by atoms with Crippen LogP contribution < -0.4 is 50.2 Å². The second-order valence-corrected chi connectivity index (χ2v) is 33.6. The number of rotatable bonds is 28. The summed E-state index contributed by atoms with van der Waals surface area (Å²) in [6, 6.07) is 43.4. The van der Waals surface area contributed by atoms with E-state index in [2.05, 4.69) is 87.6 Å². The van der Waals surface area contributed by atoms with Crippen molar-refractivity contribution in [2.45, 2.75) is 174 Å². The van der Waals surface area contributed by atoms with Crippen molar-refractivity contribution in [2.75, 3.05) is 53.5 Å². The van der Waals surface area contributed by atoms with Crippen molar-refractivity contribution in [2.24, 2.45) is 50.5 Å². The zero-order valence-corrected chi connectivity index (χ0v) is 75.2. The van der Waals surface area contributed by atoms with Crippen LogP contribution in [0.3, 0.4) is 0 Å². The molecule has 6 aromatic carbocycles. The molecule has 24 nitrogen and oxygen atoms in total. The fourth-order valence-corrected chi connectivity index (χ4v) is 17.1. The number of carbonyl (C=O) groups is 9. The second-order valence-electron chi connectivity index (χ2n) is 31.5. The van der Waals surface area contributed by atoms with Crippen LogP contribution in [0.1, 0.15) is 197 Å². The second kappa shape index (κ2) is 46.6. The third-order valence-corrected chi connectivity index (χ3v) is 24.3. The molecule has 0 saturated heterocycles. The number of amides is 6. The van der Waals surface area contributed by atoms with Gasteiger partial charge in [0.1, 0.15) is 34.2 Å². The van der Waals surface area contributed by atoms with Gasteiger partial charge in [0, 0.05) is 82.2 Å². The third kappa shape index (κ3) is 27.1. The zero-order chi connectivity index (χ0) is 84.6. The molecule has 3 heterocycles. The Bertz CT molecular complexity index is 4550. The molecule has 30 heteroatoms. The minimum atomic E-state index is -0.954. The fourth-order valence-electron chi connectivity index (χ4n) is 16.0. The Kier molecular flexibility index (Phi) is 38.3. The van der Waals surface area contributed by atoms with Crippen molar-refractivity contribution in [3.63, 3.8) is 0 Å². The molecule has 0 unspecified atom stereocenters. The molecule has 6 aliphatic rings. The number of halogens is 4. The number of benzene rings is 6. The van der Waals surface area contributed by atoms with E-state index in [1.807, 2.05) is 81.4 Å². The number of hydrogen-bond donors (Lipinski definition) is 5. The van der Waals surface area contributed by atoms with Crippen LogP contribution in [-0.2, 0) is 57.5 Å². The molecule has 0 bridgehead atoms. The Morgan fingerprint density at radius 1 is 0.479 bits per heavy atom. The molecule has 3 aliphatic carbocycles. The van der Waals surface area contributed by atoms with Gasteiger partial charge in [0.15, 0.2) is 4.62 Å². The van der Waals surface area contributed by atoms with Crippen molar-refractivity contribution in [1.29, 1.82) is 0 Å². The molecule has 0 aromatic heterocycles. The molecule has 3 spiro atoms. The molecule has 12 rings (SSSR count). The molecule has 0 atom stereocenters. The monoisotopic (exact) mass is 1760 g/mol. The van der Waals surface area contributed by atoms with Crippen LogP contribution in [0.15, 0.2) is 161 Å². The topological polar surface area (TPSA) is 335 Å². The molecule has 3 saturated carbocycles. The summed E-state index contributed by atoms with van der Waals surface area (Å²) in [5.74, 6) is 1.80. The quantitative estimate of drug-likeness (QED) is 0.0225. The standard InChI is InChI=1S/C30H36ClN3O4.C29H34ClN3O4.C24H32BrN3O4.C6H5BClO2.Na.H2O/c1-20(2)22-11-15-30(16-12-22)33-27(24-5-4-6-25(31)19-24)29(37)34(30)18-14-21-7-9-23(10-8-21)28(36)32-17-13-26(35)38-3;1-19(2)21-10-14-29(15-11-21)32-26(23-4-3-5-24(30)18-23)28(37)33(29)17-13-20-6-8-22(9-7-20)27(36)31-16-12-25(34)35;1-16(2)18-8-12-24(13-9-18)27-21(25)23(31)28(24)15-11-17-4-6-19(7-5-17)22(30)26-14-10-20(29)32-3;8-5-2-1-3-6(4-5)10-7-9;;/h4-10,19-20,22H,11-18H2,1-3H3,(H,32,36);3-9,18-19,21H,10-17H2,1-2H3,(H,31,36)(H,34,35);4-7,16,18H,8-15H2,1-3H3,(H,26,30);1-4,9H;;1H2/q;;;;+1;/p-1. The summed E-state index contributed by atoms with van der Waals surface area (Å²) in [4.78, 5) is 131. The Labute approximate surface area is 744 Å². The number of aliphatic carboxylic acids is 1. The molecule has 119 heavy (non-hydrogen) atoms. The van der Waals surface area contributed by atoms with Crippen LogP contribution in [-0.4, -0.2) is 178 Å². The molecule has 6 aromatic rings. The number of ether oxygens (including phenoxy) is 2. The number of carboxylic acids is 1. The van der Waals surface area contributed by atoms with E-state index in [9.17, 15) is 43.2 Å². The molecule has 6 amide bonds. The predicted octanol–water partition coefficient (Wildman–Crippen LogP) is 11.8. The first kappa shape index (κ1) is 97.8. The van der Waals surface area contributed by atoms with Crippen LogP contribution in [0.2, 0.25) is 15.1 Å². The summed E-state index contributed by atoms with van der Waals surface area (Å²) >= 11 is 21.4. The van der Waals surface area contributed by atoms with Gasteiger partial charge in [-0.05, 0) is 243 Å². The third-order valence-electron chi connectivity index (χ3n) is 23.1. The van der Waals surface area contributed by atoms with Gasteiger partial charge < -0.3 is 60.4 Å². The first-order chi connectivity index (χ1) is 56.0. The molecule has 3 aliphatic heterocycles. The Morgan fingerprint density at radius 2 is 0.790 bits per heavy atom. The molecular formula is C89H108BBrCl3N9NaO15. The molecule has 631 valence electrons. The summed E-state index contributed by atoms with van der Waals surface area (Å²) < 4.78 is 14.2. The number of esters is 2. The van der Waals surface area contributed by atoms with E-state index in [1.165, 1.54) is 14.2 Å². The number of nitrogens with zero attached hydrogens (tertiary/aromatic N) is 6. The van der Waals surface area contributed by atoms with E-state index in [-0.39, 0.29) is 121 Å². The van der Waals surface area contributed by atoms with Gasteiger partial charge in [-0.1, -0.05) is 143 Å². The van der Waals surface area contributed by atoms with Crippen molar-refractivity contribution < 1.29 is 102 Å². The van der Waals surface area contributed by atoms with Crippen molar-refractivity contribution in [3.8, 4) is 5.75 Å². The van der Waals surface area contributed by atoms with E-state index >= 15 is 0 Å². The minimum Gasteiger partial charge on any atom is -0.870 e. The summed E-state index contributed by atoms with van der Waals surface area (Å²) in [5, 5.41) is 26.7. The SMILES string of the molecule is CC(C)C1CCC2(CC1)N=C(c1cccc(Cl)c1)C(=O)N2CCc1ccc(C(=O)NCCC(=O)O)cc1.COC(=O)CCNC(=O)c1ccc(CCN2C(=O)C(Br)=NC23CCC(C(C)C)CC3)cc1.COC(=O)CCNC(=O)c1ccc(CCN2C(=O)C(c3cccc(Cl)c3)=NC23CCC(C(C)C)CC3)cc1.O[B]Oc1cccc(Cl)c1.[Na+].[OH-]. The molecule has 3 fully saturated rings. The van der Waals surface area contributed by atoms with Crippen LogP contribution in [0.4, 0.5) is 0 Å². The fraction of sp³-hybridized carbons (Fsp3) is 0.461. The van der Waals surface area contributed by atoms with E-state index < -0.39 is 23.0 Å². The first-order valence-electron chi connectivity index (χ1n) is 40.3. The van der Waals surface area contributed by atoms with Crippen molar-refractivity contribution in [1.82, 2.24) is 30.7 Å². The van der Waals surface area contributed by atoms with Crippen molar-refractivity contribution >= 4 is 128 Å². The van der Waals surface area contributed by atoms with Gasteiger partial charge in [0.25, 0.3) is 35.4 Å². The van der Waals surface area contributed by atoms with Crippen LogP contribution >= 0.6 is 50.7 Å². The molecular weight excluding hydrogens is 1660 g/mol. The smallest absolute Gasteiger partial charge is 0.870 e. The van der Waals surface area contributed by atoms with E-state index in [1.54, 1.807) is 78.9 Å². The van der Waals surface area contributed by atoms with Gasteiger partial charge in [-0.15, -0.1) is 0 Å². The number of carboxylic acid groups (broad SMARTS) is 1. The maximum Gasteiger partial charge on any atom is 1.00 e. The maximum absolute atomic E-state index is 13.7. The number of nitrogens with one attached hydrogen (secondary N) is 3. The Hall–Kier alpha value is -8.31. The van der Waals surface area contributed by atoms with Crippen molar-refractivity contribution in [3.05, 3.63) is 205 Å². The summed E-state index contributed by atoms with van der Waals surface area (Å²) in [5.41, 5.74) is 5.67. The average molecular weight is 1760 g/mol. The van der Waals surface area contributed by atoms with Gasteiger partial charge in [-0.2, -0.15) is 0 Å². The summed E-state index contributed by atoms with van der Waals surface area (Å²) in [7, 11) is 3.26. The van der Waals surface area contributed by atoms with Crippen LogP contribution in [0.5, 0.6) is 5.75 Å². The number of hydrogen-bond acceptors (Lipinski definition) is 17. The molecule has 6 N–H and O–H groups in total. The van der Waals surface area contributed by atoms with Gasteiger partial charge in [-0.3, -0.25) is 53.1 Å². The Morgan fingerprint density at radius 3 is 1.09 bits per heavy atom. The van der Waals surface area contributed by atoms with E-state index in [0.717, 1.165) is 105 Å². The normalized spacial score (nSPS) is 20.3. The van der Waals surface area contributed by atoms with Crippen LogP contribution in [0.25, 0.3) is 0 Å². The molecule has 1 radical (unpaired) electrons. The van der Waals surface area contributed by atoms with E-state index in [4.69, 9.17) is 59.9 Å². The van der Waals surface area contributed by atoms with Gasteiger partial charge in [0.2, 0.25) is 0 Å². The number of carbonyl (C=O) groups excluding carboxylic acids is 8. The first-order valence-corrected chi connectivity index (χ1v) is 42.2. The summed E-state index contributed by atoms with van der Waals surface area (Å²) in [6.45, 7) is 15.8. The van der Waals surface area contributed by atoms with Gasteiger partial charge in [-0.25, -0.2) is 4.99 Å². The zero-order valence-electron chi connectivity index (χ0n) is 69.3. The van der Waals surface area contributed by atoms with E-state index in [0.29, 0.717) is 136 Å². The van der Waals surface area contributed by atoms with Crippen LogP contribution in [0, 0.1) is 35.5 Å². The maximum atomic E-state index is 13.7. The number of methoxy groups -OCH3 is 2. The largest absolute Gasteiger partial charge is 1.00 e. The Balaban J connectivity index is 0.000000231. The number of aliphatic imine (C=N–C) groups is 3. The average Bonchev–Trinajstić information content (AvgIpc) is 1.61. The summed E-state index contributed by atoms with van der Waals surface area (Å²) in [6.07, 6.45) is 13.7. The minimum absolute atomic E-state index is 0.